The minimum atomic E-state index is -1.10. The van der Waals surface area contributed by atoms with E-state index in [1.54, 1.807) is 7.11 Å². The molecule has 114 valence electrons. The number of urea groups is 1. The third-order valence-corrected chi connectivity index (χ3v) is 2.32. The fraction of sp³-hybridized carbons (Fsp3) is 0.692. The summed E-state index contributed by atoms with van der Waals surface area (Å²) in [6, 6.07) is -0.467. The van der Waals surface area contributed by atoms with Gasteiger partial charge in [0.2, 0.25) is 0 Å². The van der Waals surface area contributed by atoms with Gasteiger partial charge in [0.1, 0.15) is 6.54 Å². The van der Waals surface area contributed by atoms with Crippen molar-refractivity contribution in [3.05, 3.63) is 0 Å². The molecule has 0 radical (unpaired) electrons. The van der Waals surface area contributed by atoms with Crippen LogP contribution < -0.4 is 5.32 Å². The number of methoxy groups -OCH3 is 1. The monoisotopic (exact) mass is 286 g/mol. The van der Waals surface area contributed by atoms with Crippen LogP contribution in [-0.4, -0.2) is 68.6 Å². The van der Waals surface area contributed by atoms with Gasteiger partial charge in [-0.15, -0.1) is 6.42 Å². The van der Waals surface area contributed by atoms with Gasteiger partial charge in [-0.05, 0) is 12.8 Å². The summed E-state index contributed by atoms with van der Waals surface area (Å²) in [5.41, 5.74) is 0. The molecule has 2 amide bonds. The number of carboxylic acids is 1. The van der Waals surface area contributed by atoms with Crippen LogP contribution in [0.25, 0.3) is 0 Å². The number of amides is 2. The third-order valence-electron chi connectivity index (χ3n) is 2.32. The molecule has 20 heavy (non-hydrogen) atoms. The lowest BCUT2D eigenvalue weighted by Crippen LogP contribution is -2.43. The number of carbonyl (C=O) groups is 2. The Bertz CT molecular complexity index is 327. The highest BCUT2D eigenvalue weighted by molar-refractivity contribution is 5.80. The second kappa shape index (κ2) is 12.3. The van der Waals surface area contributed by atoms with E-state index in [-0.39, 0.29) is 6.54 Å². The molecule has 0 atom stereocenters. The van der Waals surface area contributed by atoms with Crippen molar-refractivity contribution in [1.82, 2.24) is 10.2 Å². The first kappa shape index (κ1) is 18.2. The zero-order valence-electron chi connectivity index (χ0n) is 11.8. The van der Waals surface area contributed by atoms with Crippen molar-refractivity contribution in [2.75, 3.05) is 46.6 Å². The third kappa shape index (κ3) is 10.2. The number of rotatable bonds is 11. The molecular formula is C13H22N2O5. The van der Waals surface area contributed by atoms with E-state index in [0.717, 1.165) is 17.7 Å². The van der Waals surface area contributed by atoms with E-state index < -0.39 is 18.5 Å². The van der Waals surface area contributed by atoms with Crippen molar-refractivity contribution in [3.63, 3.8) is 0 Å². The molecule has 7 nitrogen and oxygen atoms in total. The molecule has 2 N–H and O–H groups in total. The van der Waals surface area contributed by atoms with Crippen LogP contribution in [0.2, 0.25) is 0 Å². The van der Waals surface area contributed by atoms with Crippen LogP contribution in [0.15, 0.2) is 0 Å². The highest BCUT2D eigenvalue weighted by atomic mass is 16.5. The van der Waals surface area contributed by atoms with Crippen LogP contribution in [0.1, 0.15) is 12.8 Å². The molecule has 0 aliphatic carbocycles. The van der Waals surface area contributed by atoms with E-state index in [2.05, 4.69) is 11.2 Å². The van der Waals surface area contributed by atoms with Crippen molar-refractivity contribution in [2.45, 2.75) is 12.8 Å². The number of nitrogens with zero attached hydrogens (tertiary/aromatic N) is 1. The van der Waals surface area contributed by atoms with Gasteiger partial charge in [0.15, 0.2) is 0 Å². The maximum Gasteiger partial charge on any atom is 0.323 e. The summed E-state index contributed by atoms with van der Waals surface area (Å²) >= 11 is 0. The highest BCUT2D eigenvalue weighted by Gasteiger charge is 2.14. The van der Waals surface area contributed by atoms with E-state index in [1.807, 2.05) is 0 Å². The average molecular weight is 286 g/mol. The first-order chi connectivity index (χ1) is 9.61. The molecule has 0 aliphatic rings. The first-order valence-electron chi connectivity index (χ1n) is 6.36. The Labute approximate surface area is 119 Å². The minimum absolute atomic E-state index is 0.0295. The maximum absolute atomic E-state index is 11.7. The molecule has 0 spiro atoms. The van der Waals surface area contributed by atoms with Gasteiger partial charge in [0.25, 0.3) is 0 Å². The molecular weight excluding hydrogens is 264 g/mol. The van der Waals surface area contributed by atoms with Gasteiger partial charge in [-0.25, -0.2) is 4.79 Å². The van der Waals surface area contributed by atoms with Crippen LogP contribution in [0.5, 0.6) is 0 Å². The van der Waals surface area contributed by atoms with E-state index in [1.165, 1.54) is 0 Å². The number of terminal acetylenes is 1. The van der Waals surface area contributed by atoms with Crippen LogP contribution >= 0.6 is 0 Å². The number of hydrogen-bond acceptors (Lipinski definition) is 4. The standard InChI is InChI=1S/C13H22N2O5/c1-3-7-15(11-12(16)17)13(18)14-6-4-5-8-20-10-9-19-2/h1H,4-11H2,2H3,(H,14,18)(H,16,17). The predicted molar refractivity (Wildman–Crippen MR) is 73.4 cm³/mol. The Balaban J connectivity index is 3.69. The Morgan fingerprint density at radius 3 is 2.65 bits per heavy atom. The smallest absolute Gasteiger partial charge is 0.323 e. The summed E-state index contributed by atoms with van der Waals surface area (Å²) in [7, 11) is 1.61. The van der Waals surface area contributed by atoms with Gasteiger partial charge >= 0.3 is 12.0 Å². The fourth-order valence-corrected chi connectivity index (χ4v) is 1.35. The van der Waals surface area contributed by atoms with Gasteiger partial charge < -0.3 is 24.8 Å². The molecule has 0 bridgehead atoms. The molecule has 0 fully saturated rings. The highest BCUT2D eigenvalue weighted by Crippen LogP contribution is 1.92. The Morgan fingerprint density at radius 1 is 1.30 bits per heavy atom. The Kier molecular flexibility index (Phi) is 11.2. The average Bonchev–Trinajstić information content (AvgIpc) is 2.40. The number of ether oxygens (including phenoxy) is 2. The summed E-state index contributed by atoms with van der Waals surface area (Å²) in [4.78, 5) is 23.3. The number of unbranched alkanes of at least 4 members (excludes halogenated alkanes) is 1. The lowest BCUT2D eigenvalue weighted by molar-refractivity contribution is -0.137. The van der Waals surface area contributed by atoms with E-state index in [9.17, 15) is 9.59 Å². The molecule has 0 aromatic rings. The van der Waals surface area contributed by atoms with Crippen molar-refractivity contribution in [1.29, 1.82) is 0 Å². The zero-order chi connectivity index (χ0) is 15.2. The van der Waals surface area contributed by atoms with Crippen LogP contribution in [0.3, 0.4) is 0 Å². The van der Waals surface area contributed by atoms with Gasteiger partial charge in [0.05, 0.1) is 19.8 Å². The summed E-state index contributed by atoms with van der Waals surface area (Å²) < 4.78 is 10.1. The van der Waals surface area contributed by atoms with Crippen molar-refractivity contribution < 1.29 is 24.2 Å². The van der Waals surface area contributed by atoms with Crippen LogP contribution in [0, 0.1) is 12.3 Å². The quantitative estimate of drug-likeness (QED) is 0.417. The molecule has 0 saturated carbocycles. The van der Waals surface area contributed by atoms with E-state index in [0.29, 0.717) is 26.4 Å². The molecule has 0 unspecified atom stereocenters. The van der Waals surface area contributed by atoms with Gasteiger partial charge in [-0.3, -0.25) is 4.79 Å². The molecule has 0 rings (SSSR count). The zero-order valence-corrected chi connectivity index (χ0v) is 11.8. The fourth-order valence-electron chi connectivity index (χ4n) is 1.35. The van der Waals surface area contributed by atoms with E-state index >= 15 is 0 Å². The SMILES string of the molecule is C#CCN(CC(=O)O)C(=O)NCCCCOCCOC. The summed E-state index contributed by atoms with van der Waals surface area (Å²) in [6.45, 7) is 1.73. The second-order valence-electron chi connectivity index (χ2n) is 4.00. The van der Waals surface area contributed by atoms with E-state index in [4.69, 9.17) is 21.0 Å². The lowest BCUT2D eigenvalue weighted by atomic mass is 10.3. The normalized spacial score (nSPS) is 9.80. The molecule has 0 aromatic heterocycles. The van der Waals surface area contributed by atoms with Gasteiger partial charge in [0, 0.05) is 20.3 Å². The first-order valence-corrected chi connectivity index (χ1v) is 6.36. The number of aliphatic carboxylic acids is 1. The summed E-state index contributed by atoms with van der Waals surface area (Å²) in [5.74, 6) is 1.16. The largest absolute Gasteiger partial charge is 0.480 e. The minimum Gasteiger partial charge on any atom is -0.480 e. The summed E-state index contributed by atoms with van der Waals surface area (Å²) in [5, 5.41) is 11.3. The molecule has 0 aromatic carbocycles. The maximum atomic E-state index is 11.7. The van der Waals surface area contributed by atoms with Crippen molar-refractivity contribution in [3.8, 4) is 12.3 Å². The second-order valence-corrected chi connectivity index (χ2v) is 4.00. The topological polar surface area (TPSA) is 88.1 Å². The molecule has 0 saturated heterocycles. The summed E-state index contributed by atoms with van der Waals surface area (Å²) in [6.07, 6.45) is 6.64. The number of nitrogens with one attached hydrogen (secondary N) is 1. The van der Waals surface area contributed by atoms with Gasteiger partial charge in [-0.2, -0.15) is 0 Å². The van der Waals surface area contributed by atoms with Crippen LogP contribution in [-0.2, 0) is 14.3 Å². The Morgan fingerprint density at radius 2 is 2.05 bits per heavy atom. The van der Waals surface area contributed by atoms with Crippen LogP contribution in [0.4, 0.5) is 4.79 Å². The number of carbonyl (C=O) groups excluding carboxylic acids is 1. The number of carboxylic acid groups (broad SMARTS) is 1. The molecule has 7 heteroatoms. The van der Waals surface area contributed by atoms with Gasteiger partial charge in [-0.1, -0.05) is 5.92 Å². The number of hydrogen-bond donors (Lipinski definition) is 2. The van der Waals surface area contributed by atoms with Crippen molar-refractivity contribution >= 4 is 12.0 Å². The lowest BCUT2D eigenvalue weighted by Gasteiger charge is -2.18. The Hall–Kier alpha value is -1.78. The molecule has 0 heterocycles. The van der Waals surface area contributed by atoms with Crippen molar-refractivity contribution in [2.24, 2.45) is 0 Å². The molecule has 0 aliphatic heterocycles. The predicted octanol–water partition coefficient (Wildman–Crippen LogP) is 0.159.